The Balaban J connectivity index is 0.000000108. The zero-order valence-electron chi connectivity index (χ0n) is 70.6. The van der Waals surface area contributed by atoms with Gasteiger partial charge in [-0.25, -0.2) is 44.7 Å². The van der Waals surface area contributed by atoms with Crippen LogP contribution in [0.1, 0.15) is 125 Å². The van der Waals surface area contributed by atoms with Crippen molar-refractivity contribution in [3.05, 3.63) is 231 Å². The van der Waals surface area contributed by atoms with Crippen molar-refractivity contribution < 1.29 is 16.8 Å². The number of aryl methyl sites for hydroxylation is 4. The van der Waals surface area contributed by atoms with Gasteiger partial charge in [-0.2, -0.15) is 20.4 Å². The molecule has 8 aliphatic carbocycles. The number of benzene rings is 2. The maximum Gasteiger partial charge on any atom is 0.269 e. The summed E-state index contributed by atoms with van der Waals surface area (Å²) in [7, 11) is 8.33. The first-order chi connectivity index (χ1) is 59.2. The lowest BCUT2D eigenvalue weighted by molar-refractivity contribution is 0.244. The maximum atomic E-state index is 13.6. The lowest BCUT2D eigenvalue weighted by Gasteiger charge is -2.38. The Morgan fingerprint density at radius 3 is 0.893 bits per heavy atom. The van der Waals surface area contributed by atoms with E-state index in [9.17, 15) is 16.8 Å². The molecule has 6 N–H and O–H groups in total. The van der Waals surface area contributed by atoms with Gasteiger partial charge in [0.25, 0.3) is 20.0 Å². The molecule has 14 aromatic rings. The first-order valence-corrected chi connectivity index (χ1v) is 46.2. The van der Waals surface area contributed by atoms with Gasteiger partial charge < -0.3 is 31.2 Å². The molecule has 628 valence electrons. The molecule has 8 aliphatic rings. The fourth-order valence-electron chi connectivity index (χ4n) is 21.4. The summed E-state index contributed by atoms with van der Waals surface area (Å²) in [6, 6.07) is 28.4. The van der Waals surface area contributed by atoms with Crippen LogP contribution in [0.15, 0.2) is 218 Å². The minimum Gasteiger partial charge on any atom is -0.346 e. The number of rotatable bonds is 16. The highest BCUT2D eigenvalue weighted by molar-refractivity contribution is 7.90. The molecule has 0 aliphatic heterocycles. The monoisotopic (exact) mass is 1670 g/mol. The van der Waals surface area contributed by atoms with Gasteiger partial charge in [-0.1, -0.05) is 60.7 Å². The van der Waals surface area contributed by atoms with Crippen LogP contribution < -0.4 is 21.3 Å². The molecule has 4 saturated carbocycles. The summed E-state index contributed by atoms with van der Waals surface area (Å²) in [6.07, 6.45) is 59.8. The summed E-state index contributed by atoms with van der Waals surface area (Å²) in [5.74, 6) is 5.49. The summed E-state index contributed by atoms with van der Waals surface area (Å²) < 4.78 is 64.0. The van der Waals surface area contributed by atoms with Gasteiger partial charge in [0.05, 0.1) is 34.6 Å². The van der Waals surface area contributed by atoms with Crippen molar-refractivity contribution in [2.24, 2.45) is 75.5 Å². The lowest BCUT2D eigenvalue weighted by atomic mass is 9.70. The minimum atomic E-state index is -3.80. The summed E-state index contributed by atoms with van der Waals surface area (Å²) in [5.41, 5.74) is 21.0. The molecule has 12 aromatic heterocycles. The molecule has 2 aromatic carbocycles. The van der Waals surface area contributed by atoms with E-state index in [1.54, 1.807) is 82.7 Å². The average molecular weight is 1670 g/mol. The van der Waals surface area contributed by atoms with E-state index >= 15 is 0 Å². The first-order valence-electron chi connectivity index (χ1n) is 43.3. The van der Waals surface area contributed by atoms with Crippen molar-refractivity contribution in [3.8, 4) is 44.5 Å². The molecule has 122 heavy (non-hydrogen) atoms. The number of fused-ring (bicyclic) bond motifs is 12. The number of aromatic amines is 2. The number of pyridine rings is 4. The average Bonchev–Trinajstić information content (AvgIpc) is 1.59. The molecule has 4 fully saturated rings. The Bertz CT molecular complexity index is 6190. The third-order valence-corrected chi connectivity index (χ3v) is 30.5. The van der Waals surface area contributed by atoms with Crippen LogP contribution in [0, 0.1) is 47.3 Å². The third kappa shape index (κ3) is 16.2. The molecular formula is C96H108N20O4S2. The number of nitrogens with one attached hydrogen (secondary N) is 6. The first kappa shape index (κ1) is 80.5. The Morgan fingerprint density at radius 2 is 0.615 bits per heavy atom. The van der Waals surface area contributed by atoms with Crippen molar-refractivity contribution in [2.45, 2.75) is 137 Å². The third-order valence-electron chi connectivity index (χ3n) is 27.2. The van der Waals surface area contributed by atoms with Crippen LogP contribution in [-0.2, 0) is 48.2 Å². The molecule has 0 saturated heterocycles. The van der Waals surface area contributed by atoms with Gasteiger partial charge in [-0.15, -0.1) is 0 Å². The number of hydrogen-bond donors (Lipinski definition) is 6. The Kier molecular flexibility index (Phi) is 22.1. The van der Waals surface area contributed by atoms with E-state index in [1.165, 1.54) is 153 Å². The lowest BCUT2D eigenvalue weighted by Crippen LogP contribution is -2.36. The Hall–Kier alpha value is -11.3. The van der Waals surface area contributed by atoms with Crippen LogP contribution in [0.5, 0.6) is 0 Å². The van der Waals surface area contributed by atoms with Gasteiger partial charge in [0.2, 0.25) is 0 Å². The molecule has 0 spiro atoms. The molecule has 0 radical (unpaired) electrons. The van der Waals surface area contributed by atoms with Gasteiger partial charge in [-0.3, -0.25) is 18.7 Å². The zero-order valence-corrected chi connectivity index (χ0v) is 72.2. The van der Waals surface area contributed by atoms with Gasteiger partial charge in [0, 0.05) is 193 Å². The number of aromatic nitrogens is 16. The van der Waals surface area contributed by atoms with Crippen LogP contribution in [0.4, 0.5) is 0 Å². The predicted molar refractivity (Wildman–Crippen MR) is 484 cm³/mol. The van der Waals surface area contributed by atoms with Crippen LogP contribution >= 0.6 is 0 Å². The fourth-order valence-corrected chi connectivity index (χ4v) is 24.1. The molecule has 12 heterocycles. The van der Waals surface area contributed by atoms with Crippen molar-refractivity contribution >= 4 is 86.5 Å². The van der Waals surface area contributed by atoms with Crippen molar-refractivity contribution in [3.63, 3.8) is 0 Å². The molecule has 26 heteroatoms. The van der Waals surface area contributed by atoms with E-state index in [2.05, 4.69) is 141 Å². The van der Waals surface area contributed by atoms with E-state index in [0.29, 0.717) is 71.0 Å². The van der Waals surface area contributed by atoms with E-state index in [1.807, 2.05) is 112 Å². The van der Waals surface area contributed by atoms with Gasteiger partial charge >= 0.3 is 0 Å². The van der Waals surface area contributed by atoms with Crippen molar-refractivity contribution in [1.82, 2.24) is 98.2 Å². The number of nitrogens with zero attached hydrogens (tertiary/aromatic N) is 14. The maximum absolute atomic E-state index is 13.6. The zero-order chi connectivity index (χ0) is 83.7. The van der Waals surface area contributed by atoms with Crippen LogP contribution in [0.25, 0.3) is 111 Å². The summed E-state index contributed by atoms with van der Waals surface area (Å²) in [6.45, 7) is 0. The van der Waals surface area contributed by atoms with Crippen LogP contribution in [0.2, 0.25) is 0 Å². The second-order valence-electron chi connectivity index (χ2n) is 35.6. The van der Waals surface area contributed by atoms with Crippen LogP contribution in [-0.4, -0.2) is 146 Å². The second kappa shape index (κ2) is 33.5. The highest BCUT2D eigenvalue weighted by atomic mass is 32.2. The summed E-state index contributed by atoms with van der Waals surface area (Å²) in [5, 5.41) is 35.1. The second-order valence-corrected chi connectivity index (χ2v) is 39.2. The van der Waals surface area contributed by atoms with E-state index in [0.717, 1.165) is 91.3 Å². The quantitative estimate of drug-likeness (QED) is 0.0524. The van der Waals surface area contributed by atoms with Gasteiger partial charge in [0.15, 0.2) is 11.3 Å². The molecular weight excluding hydrogens is 1560 g/mol. The van der Waals surface area contributed by atoms with E-state index in [4.69, 9.17) is 19.9 Å². The molecule has 12 atom stereocenters. The minimum absolute atomic E-state index is 0.238. The number of H-pyrrole nitrogens is 2. The van der Waals surface area contributed by atoms with Gasteiger partial charge in [-0.05, 0) is 271 Å². The number of allylic oxidation sites excluding steroid dienone is 8. The SMILES string of the molecule is CNC1CC2C=C(c3cnc4[nH]cc(-c5cnn(C)c5)c4c3)CC(C2)C1.CNC1CC2C=C(c3cnc4[nH]cc(-c5cnn(C)c5)c4c3)CC(C2)C1.CNC1CC2C=C(c3cnc4c(c3)c(-c3cnn(C)c3)cn4S(=O)(=O)c3ccccc3)CC(C2)C1.CNC1CC2C=C(c3cnc4c(c3)c(-c3cnn(C)c3)cn4S(=O)(=O)c3ccccc3)CC(C2)C1. The Morgan fingerprint density at radius 1 is 0.328 bits per heavy atom. The van der Waals surface area contributed by atoms with E-state index < -0.39 is 20.0 Å². The predicted octanol–water partition coefficient (Wildman–Crippen LogP) is 16.4. The largest absolute Gasteiger partial charge is 0.346 e. The van der Waals surface area contributed by atoms with Crippen molar-refractivity contribution in [2.75, 3.05) is 28.2 Å². The highest BCUT2D eigenvalue weighted by Gasteiger charge is 2.37. The summed E-state index contributed by atoms with van der Waals surface area (Å²) >= 11 is 0. The van der Waals surface area contributed by atoms with E-state index in [-0.39, 0.29) is 9.79 Å². The normalized spacial score (nSPS) is 23.7. The molecule has 12 unspecified atom stereocenters. The summed E-state index contributed by atoms with van der Waals surface area (Å²) in [4.78, 5) is 25.9. The molecule has 0 amide bonds. The topological polar surface area (TPSA) is 281 Å². The van der Waals surface area contributed by atoms with Crippen LogP contribution in [0.3, 0.4) is 0 Å². The number of hydrogen-bond acceptors (Lipinski definition) is 16. The van der Waals surface area contributed by atoms with Crippen molar-refractivity contribution in [1.29, 1.82) is 0 Å². The highest BCUT2D eigenvalue weighted by Crippen LogP contribution is 2.49. The molecule has 24 nitrogen and oxygen atoms in total. The molecule has 22 rings (SSSR count). The van der Waals surface area contributed by atoms with Gasteiger partial charge in [0.1, 0.15) is 11.3 Å². The standard InChI is InChI=1S/2C27H29N5O2S.2C21H25N5/c2*1-28-23-11-18-8-19(12-23)10-20(9-18)21-13-25-26(22-15-30-31(2)16-22)17-32(27(25)29-14-21)35(33,34)24-6-4-3-5-7-24;2*1-22-18-6-13-3-14(7-18)5-15(4-13)16-8-19-20(11-24-21(19)23-9-16)17-10-25-26(2)12-17/h2*3-7,9,13-19,23,28H,8,10-12H2,1-2H3;2*4,8-14,18,22H,3,5-7H2,1-2H3,(H,23,24). The molecule has 8 bridgehead atoms. The fraction of sp³-hybridized carbons (Fsp3) is 0.375. The Labute approximate surface area is 712 Å². The smallest absolute Gasteiger partial charge is 0.269 e.